The van der Waals surface area contributed by atoms with Crippen LogP contribution in [0.3, 0.4) is 0 Å². The first-order valence-electron chi connectivity index (χ1n) is 30.8. The van der Waals surface area contributed by atoms with Crippen LogP contribution in [0.25, 0.3) is 0 Å². The highest BCUT2D eigenvalue weighted by molar-refractivity contribution is 6.76. The number of amides is 10. The van der Waals surface area contributed by atoms with Crippen molar-refractivity contribution in [2.75, 3.05) is 20.8 Å². The van der Waals surface area contributed by atoms with Gasteiger partial charge in [0.2, 0.25) is 53.2 Å². The van der Waals surface area contributed by atoms with E-state index >= 15 is 0 Å². The van der Waals surface area contributed by atoms with Crippen LogP contribution >= 0.6 is 0 Å². The maximum atomic E-state index is 14.1. The summed E-state index contributed by atoms with van der Waals surface area (Å²) in [5.74, 6) is -8.67. The molecule has 1 aromatic carbocycles. The largest absolute Gasteiger partial charge is 0.543 e. The van der Waals surface area contributed by atoms with E-state index in [1.165, 1.54) is 152 Å². The molecule has 2 fully saturated rings. The van der Waals surface area contributed by atoms with Crippen molar-refractivity contribution in [2.24, 2.45) is 0 Å². The molecule has 33 heteroatoms. The van der Waals surface area contributed by atoms with Gasteiger partial charge in [0, 0.05) is 12.3 Å². The number of methoxy groups -OCH3 is 1. The third-order valence-corrected chi connectivity index (χ3v) is 16.5. The predicted octanol–water partition coefficient (Wildman–Crippen LogP) is -3.33. The summed E-state index contributed by atoms with van der Waals surface area (Å²) < 4.78 is 30.7. The number of nitrogens with one attached hydrogen (secondary N) is 11. The Kier molecular flexibility index (Phi) is 23.3. The minimum Gasteiger partial charge on any atom is -0.543 e. The molecule has 2 aliphatic rings. The topological polar surface area (TPSA) is 446 Å². The Morgan fingerprint density at radius 2 is 0.800 bits per heavy atom. The van der Waals surface area contributed by atoms with Crippen molar-refractivity contribution in [3.05, 3.63) is 62.9 Å². The zero-order chi connectivity index (χ0) is 73.2. The standard InChI is InChI=1S/C62H99BN13O19/c1-52(2,64-31-33-27-25-26-28-34(33)63(92-24)94-37-35(32-77)93-39(38(37)95-63)76-30-29-36(78)65-51(76)90)40(79)66-53(3,4)41(80)67-54(5,6)42(81)68-55(7,8)43(82)69-56(9,10)44(83)70-57(11,12)45(84)71-58(13,14)46(85)72-59(15,16)47(86)73-60(17,18)48(87)74-61(19,20)49(88)75-62(21,22)50(89)91-23/h25-30,35,37-39,64,77H,31-32H2,1-24H3,(H,66,79)(H,67,80)(H,68,81)(H,69,82)(H,70,83)(H,71,84)(H,72,85)(H,73,86)(H,74,87)(H,75,88)(H,65,78,90)/q-1/p+1/t35-,37-,38-,39-,63-/m1/s1/i21+1/t35-,37-,38-,39-,62+,63-. The molecule has 3 heterocycles. The van der Waals surface area contributed by atoms with Crippen molar-refractivity contribution in [1.82, 2.24) is 62.7 Å². The van der Waals surface area contributed by atoms with Crippen LogP contribution in [0.1, 0.15) is 164 Å². The molecule has 530 valence electrons. The number of ether oxygens (including phenoxy) is 2. The molecule has 2 aromatic rings. The van der Waals surface area contributed by atoms with E-state index < -0.39 is 175 Å². The quantitative estimate of drug-likeness (QED) is 0.0225. The maximum absolute atomic E-state index is 14.1. The van der Waals surface area contributed by atoms with E-state index in [4.69, 9.17) is 23.4 Å². The SMILES string of the molecule is COC(=O)[C@@](C)([13CH3])NC(=O)C(C)(C)NC(=O)C(C)(C)NC(=O)C(C)(C)NC(=O)C(C)(C)NC(=O)C(C)(C)NC(=O)C(C)(C)NC(=O)C(C)(C)NC(=O)C(C)(C)NC(=O)C(C)(C)NC(=O)C(C)(C)[NH2+]Cc1ccccc1[B@-]1(OC)O[C@@H]2[C@H](O1)[C@@H](CO)O[C@H]2n1ccc(=O)[nH]c1=O. The van der Waals surface area contributed by atoms with E-state index in [2.05, 4.69) is 58.2 Å². The highest BCUT2D eigenvalue weighted by Crippen LogP contribution is 2.41. The molecular weight excluding hydrogens is 1240 g/mol. The van der Waals surface area contributed by atoms with Crippen molar-refractivity contribution in [3.63, 3.8) is 0 Å². The van der Waals surface area contributed by atoms with Crippen molar-refractivity contribution in [1.29, 1.82) is 0 Å². The van der Waals surface area contributed by atoms with E-state index in [0.717, 1.165) is 17.7 Å². The third-order valence-electron chi connectivity index (χ3n) is 16.5. The number of carbonyl (C=O) groups is 11. The fourth-order valence-electron chi connectivity index (χ4n) is 9.59. The first kappa shape index (κ1) is 79.3. The number of nitrogens with zero attached hydrogens (tertiary/aromatic N) is 1. The normalized spacial score (nSPS) is 19.5. The molecule has 32 nitrogen and oxygen atoms in total. The lowest BCUT2D eigenvalue weighted by Crippen LogP contribution is -2.97. The number of aliphatic hydroxyl groups is 1. The van der Waals surface area contributed by atoms with E-state index in [-0.39, 0.29) is 6.54 Å². The molecule has 0 radical (unpaired) electrons. The third kappa shape index (κ3) is 18.5. The van der Waals surface area contributed by atoms with Gasteiger partial charge < -0.3 is 87.0 Å². The number of nitrogens with two attached hydrogens (primary N) is 1. The van der Waals surface area contributed by atoms with Gasteiger partial charge >= 0.3 is 18.4 Å². The Bertz CT molecular complexity index is 3460. The Morgan fingerprint density at radius 1 is 0.484 bits per heavy atom. The number of esters is 1. The van der Waals surface area contributed by atoms with Gasteiger partial charge in [0.05, 0.1) is 32.5 Å². The first-order chi connectivity index (χ1) is 42.9. The molecule has 1 aromatic heterocycles. The Hall–Kier alpha value is -8.11. The van der Waals surface area contributed by atoms with Crippen LogP contribution in [0.15, 0.2) is 46.1 Å². The molecular formula is C62H100BN13O19. The predicted molar refractivity (Wildman–Crippen MR) is 345 cm³/mol. The summed E-state index contributed by atoms with van der Waals surface area (Å²) in [5.41, 5.74) is -18.3. The molecule has 0 unspecified atom stereocenters. The number of quaternary nitrogens is 1. The molecule has 0 bridgehead atoms. The number of hydrogen-bond donors (Lipinski definition) is 13. The molecule has 14 N–H and O–H groups in total. The van der Waals surface area contributed by atoms with Crippen molar-refractivity contribution < 1.29 is 86.6 Å². The van der Waals surface area contributed by atoms with Gasteiger partial charge in [-0.2, -0.15) is 0 Å². The molecule has 0 spiro atoms. The number of benzene rings is 1. The number of aromatic nitrogens is 2. The summed E-state index contributed by atoms with van der Waals surface area (Å²) in [4.78, 5) is 177. The van der Waals surface area contributed by atoms with Crippen molar-refractivity contribution in [2.45, 2.75) is 244 Å². The monoisotopic (exact) mass is 1340 g/mol. The summed E-state index contributed by atoms with van der Waals surface area (Å²) in [6, 6.07) is 8.14. The number of rotatable bonds is 28. The minimum absolute atomic E-state index is 0.140. The first-order valence-corrected chi connectivity index (χ1v) is 30.8. The molecule has 4 rings (SSSR count). The van der Waals surface area contributed by atoms with Crippen LogP contribution in [0.4, 0.5) is 0 Å². The lowest BCUT2D eigenvalue weighted by atomic mass is 9.67. The smallest absolute Gasteiger partial charge is 0.410 e. The average molecular weight is 1340 g/mol. The zero-order valence-electron chi connectivity index (χ0n) is 59.1. The molecule has 2 aliphatic heterocycles. The second-order valence-electron chi connectivity index (χ2n) is 30.0. The number of H-pyrrole nitrogens is 1. The number of fused-ring (bicyclic) bond motifs is 1. The van der Waals surface area contributed by atoms with Gasteiger partial charge in [-0.1, -0.05) is 24.3 Å². The van der Waals surface area contributed by atoms with E-state index in [9.17, 15) is 67.4 Å². The van der Waals surface area contributed by atoms with Gasteiger partial charge in [-0.05, 0) is 165 Å². The number of hydrogen-bond acceptors (Lipinski definition) is 19. The maximum Gasteiger partial charge on any atom is 0.410 e. The molecule has 6 atom stereocenters. The Labute approximate surface area is 552 Å². The van der Waals surface area contributed by atoms with Crippen LogP contribution in [-0.2, 0) is 82.7 Å². The summed E-state index contributed by atoms with van der Waals surface area (Å²) in [6.07, 6.45) is -2.68. The average Bonchev–Trinajstić information content (AvgIpc) is 1.58. The Balaban J connectivity index is 1.33. The molecule has 2 saturated heterocycles. The minimum atomic E-state index is -2.76. The van der Waals surface area contributed by atoms with Gasteiger partial charge in [0.1, 0.15) is 61.5 Å². The van der Waals surface area contributed by atoms with E-state index in [1.807, 2.05) is 0 Å². The zero-order valence-corrected chi connectivity index (χ0v) is 59.1. The van der Waals surface area contributed by atoms with Gasteiger partial charge in [-0.15, -0.1) is 5.46 Å². The van der Waals surface area contributed by atoms with Gasteiger partial charge in [-0.3, -0.25) is 62.3 Å². The lowest BCUT2D eigenvalue weighted by Gasteiger charge is -2.39. The molecule has 0 saturated carbocycles. The van der Waals surface area contributed by atoms with Crippen LogP contribution < -0.4 is 75.2 Å². The lowest BCUT2D eigenvalue weighted by molar-refractivity contribution is -0.720. The Morgan fingerprint density at radius 3 is 1.12 bits per heavy atom. The molecule has 10 amide bonds. The summed E-state index contributed by atoms with van der Waals surface area (Å²) >= 11 is 0. The number of aliphatic hydroxyl groups excluding tert-OH is 1. The van der Waals surface area contributed by atoms with E-state index in [1.54, 1.807) is 43.4 Å². The van der Waals surface area contributed by atoms with Crippen LogP contribution in [-0.4, -0.2) is 187 Å². The van der Waals surface area contributed by atoms with Gasteiger partial charge in [0.25, 0.3) is 11.5 Å². The second-order valence-corrected chi connectivity index (χ2v) is 30.0. The summed E-state index contributed by atoms with van der Waals surface area (Å²) in [6.45, 7) is 27.6. The van der Waals surface area contributed by atoms with Crippen LogP contribution in [0.2, 0.25) is 0 Å². The number of carbonyl (C=O) groups excluding carboxylic acids is 11. The van der Waals surface area contributed by atoms with E-state index in [0.29, 0.717) is 11.0 Å². The van der Waals surface area contributed by atoms with Gasteiger partial charge in [0.15, 0.2) is 11.8 Å². The fourth-order valence-corrected chi connectivity index (χ4v) is 9.59. The number of aromatic amines is 1. The summed E-state index contributed by atoms with van der Waals surface area (Å²) in [5, 5.41) is 38.0. The molecule has 0 aliphatic carbocycles. The van der Waals surface area contributed by atoms with Crippen LogP contribution in [0, 0.1) is 0 Å². The van der Waals surface area contributed by atoms with Gasteiger partial charge in [-0.25, -0.2) is 9.59 Å². The highest BCUT2D eigenvalue weighted by Gasteiger charge is 2.57. The fraction of sp³-hybridized carbons (Fsp3) is 0.661. The summed E-state index contributed by atoms with van der Waals surface area (Å²) in [7, 11) is 2.53. The molecule has 95 heavy (non-hydrogen) atoms. The highest BCUT2D eigenvalue weighted by atomic mass is 16.8. The second kappa shape index (κ2) is 27.9. The van der Waals surface area contributed by atoms with Crippen molar-refractivity contribution in [3.8, 4) is 0 Å². The van der Waals surface area contributed by atoms with Crippen LogP contribution in [0.5, 0.6) is 0 Å². The van der Waals surface area contributed by atoms with Crippen molar-refractivity contribution >= 4 is 77.3 Å².